The Morgan fingerprint density at radius 1 is 1.43 bits per heavy atom. The van der Waals surface area contributed by atoms with Gasteiger partial charge in [-0.1, -0.05) is 27.7 Å². The Morgan fingerprint density at radius 3 is 2.29 bits per heavy atom. The van der Waals surface area contributed by atoms with E-state index in [9.17, 15) is 0 Å². The number of nitrogens with two attached hydrogens (primary N) is 1. The van der Waals surface area contributed by atoms with Crippen LogP contribution in [0, 0.1) is 0 Å². The zero-order valence-corrected chi connectivity index (χ0v) is 10.5. The zero-order chi connectivity index (χ0) is 10.9. The highest BCUT2D eigenvalue weighted by molar-refractivity contribution is 7.11. The molecule has 0 aliphatic heterocycles. The van der Waals surface area contributed by atoms with E-state index in [4.69, 9.17) is 5.73 Å². The third kappa shape index (κ3) is 2.34. The van der Waals surface area contributed by atoms with E-state index in [0.29, 0.717) is 0 Å². The fourth-order valence-electron chi connectivity index (χ4n) is 1.38. The van der Waals surface area contributed by atoms with Crippen molar-refractivity contribution in [1.82, 2.24) is 4.98 Å². The van der Waals surface area contributed by atoms with E-state index in [1.54, 1.807) is 11.3 Å². The van der Waals surface area contributed by atoms with Crippen LogP contribution < -0.4 is 5.73 Å². The molecule has 2 N–H and O–H groups in total. The second kappa shape index (κ2) is 3.99. The van der Waals surface area contributed by atoms with Gasteiger partial charge in [0.15, 0.2) is 0 Å². The molecule has 2 nitrogen and oxygen atoms in total. The molecule has 0 aliphatic rings. The van der Waals surface area contributed by atoms with E-state index < -0.39 is 0 Å². The van der Waals surface area contributed by atoms with Gasteiger partial charge in [0.25, 0.3) is 0 Å². The van der Waals surface area contributed by atoms with Crippen molar-refractivity contribution in [3.8, 4) is 0 Å². The first-order valence-electron chi connectivity index (χ1n) is 5.12. The molecule has 1 aromatic heterocycles. The maximum absolute atomic E-state index is 5.95. The number of nitrogens with zero attached hydrogens (tertiary/aromatic N) is 1. The summed E-state index contributed by atoms with van der Waals surface area (Å²) in [5.41, 5.74) is 7.23. The first-order valence-corrected chi connectivity index (χ1v) is 5.93. The molecule has 0 bridgehead atoms. The summed E-state index contributed by atoms with van der Waals surface area (Å²) in [6.45, 7) is 10.7. The van der Waals surface area contributed by atoms with E-state index in [2.05, 4.69) is 32.7 Å². The first-order chi connectivity index (χ1) is 6.36. The van der Waals surface area contributed by atoms with Crippen LogP contribution >= 0.6 is 11.3 Å². The van der Waals surface area contributed by atoms with Gasteiger partial charge < -0.3 is 5.73 Å². The van der Waals surface area contributed by atoms with Gasteiger partial charge in [-0.3, -0.25) is 0 Å². The smallest absolute Gasteiger partial charge is 0.0929 e. The minimum Gasteiger partial charge on any atom is -0.323 e. The molecule has 0 fully saturated rings. The standard InChI is InChI=1S/C11H20N2S/c1-6-8-13-10(11(3,4)5)9(14-8)7(2)12/h7H,6,12H2,1-5H3. The maximum Gasteiger partial charge on any atom is 0.0929 e. The van der Waals surface area contributed by atoms with Crippen molar-refractivity contribution in [1.29, 1.82) is 0 Å². The highest BCUT2D eigenvalue weighted by Crippen LogP contribution is 2.32. The molecule has 80 valence electrons. The van der Waals surface area contributed by atoms with Gasteiger partial charge in [-0.15, -0.1) is 11.3 Å². The van der Waals surface area contributed by atoms with Crippen LogP contribution in [-0.2, 0) is 11.8 Å². The number of hydrogen-bond donors (Lipinski definition) is 1. The van der Waals surface area contributed by atoms with Crippen molar-refractivity contribution in [2.75, 3.05) is 0 Å². The van der Waals surface area contributed by atoms with Crippen LogP contribution in [-0.4, -0.2) is 4.98 Å². The van der Waals surface area contributed by atoms with Crippen molar-refractivity contribution in [2.45, 2.75) is 52.5 Å². The summed E-state index contributed by atoms with van der Waals surface area (Å²) in [5.74, 6) is 0. The van der Waals surface area contributed by atoms with Crippen LogP contribution in [0.2, 0.25) is 0 Å². The average molecular weight is 212 g/mol. The van der Waals surface area contributed by atoms with E-state index in [1.165, 1.54) is 15.6 Å². The summed E-state index contributed by atoms with van der Waals surface area (Å²) in [7, 11) is 0. The number of aromatic nitrogens is 1. The lowest BCUT2D eigenvalue weighted by atomic mass is 9.90. The topological polar surface area (TPSA) is 38.9 Å². The highest BCUT2D eigenvalue weighted by Gasteiger charge is 2.24. The molecule has 14 heavy (non-hydrogen) atoms. The highest BCUT2D eigenvalue weighted by atomic mass is 32.1. The molecular weight excluding hydrogens is 192 g/mol. The van der Waals surface area contributed by atoms with E-state index in [0.717, 1.165) is 6.42 Å². The van der Waals surface area contributed by atoms with Crippen LogP contribution in [0.25, 0.3) is 0 Å². The van der Waals surface area contributed by atoms with Gasteiger partial charge in [0, 0.05) is 16.3 Å². The number of rotatable bonds is 2. The van der Waals surface area contributed by atoms with Crippen molar-refractivity contribution in [3.63, 3.8) is 0 Å². The van der Waals surface area contributed by atoms with E-state index in [1.807, 2.05) is 6.92 Å². The predicted molar refractivity (Wildman–Crippen MR) is 62.8 cm³/mol. The summed E-state index contributed by atoms with van der Waals surface area (Å²) in [6.07, 6.45) is 1.00. The van der Waals surface area contributed by atoms with Gasteiger partial charge in [0.1, 0.15) is 0 Å². The Labute approximate surface area is 90.6 Å². The molecule has 3 heteroatoms. The normalized spacial score (nSPS) is 14.4. The fraction of sp³-hybridized carbons (Fsp3) is 0.727. The average Bonchev–Trinajstić information content (AvgIpc) is 2.46. The molecule has 1 rings (SSSR count). The number of aryl methyl sites for hydroxylation is 1. The lowest BCUT2D eigenvalue weighted by Crippen LogP contribution is -2.17. The van der Waals surface area contributed by atoms with Crippen molar-refractivity contribution in [3.05, 3.63) is 15.6 Å². The van der Waals surface area contributed by atoms with Gasteiger partial charge in [0.2, 0.25) is 0 Å². The van der Waals surface area contributed by atoms with E-state index >= 15 is 0 Å². The fourth-order valence-corrected chi connectivity index (χ4v) is 2.54. The first kappa shape index (κ1) is 11.7. The van der Waals surface area contributed by atoms with Gasteiger partial charge in [-0.2, -0.15) is 0 Å². The molecule has 0 radical (unpaired) electrons. The molecule has 0 amide bonds. The second-order valence-corrected chi connectivity index (χ2v) is 5.83. The molecule has 0 saturated heterocycles. The molecule has 1 heterocycles. The Kier molecular flexibility index (Phi) is 3.32. The van der Waals surface area contributed by atoms with Crippen LogP contribution in [0.1, 0.15) is 56.2 Å². The molecule has 1 aromatic rings. The van der Waals surface area contributed by atoms with Crippen LogP contribution in [0.3, 0.4) is 0 Å². The summed E-state index contributed by atoms with van der Waals surface area (Å²) < 4.78 is 0. The van der Waals surface area contributed by atoms with Gasteiger partial charge in [-0.05, 0) is 13.3 Å². The number of thiazole rings is 1. The Morgan fingerprint density at radius 2 is 2.00 bits per heavy atom. The predicted octanol–water partition coefficient (Wildman–Crippen LogP) is 3.02. The van der Waals surface area contributed by atoms with Gasteiger partial charge in [0.05, 0.1) is 10.7 Å². The summed E-state index contributed by atoms with van der Waals surface area (Å²) in [6, 6.07) is 0.0991. The summed E-state index contributed by atoms with van der Waals surface area (Å²) in [5, 5.41) is 1.20. The molecule has 0 spiro atoms. The summed E-state index contributed by atoms with van der Waals surface area (Å²) >= 11 is 1.76. The lowest BCUT2D eigenvalue weighted by Gasteiger charge is -2.18. The largest absolute Gasteiger partial charge is 0.323 e. The Balaban J connectivity index is 3.19. The van der Waals surface area contributed by atoms with Gasteiger partial charge >= 0.3 is 0 Å². The molecule has 0 aliphatic carbocycles. The quantitative estimate of drug-likeness (QED) is 0.818. The van der Waals surface area contributed by atoms with Crippen molar-refractivity contribution >= 4 is 11.3 Å². The number of hydrogen-bond acceptors (Lipinski definition) is 3. The molecular formula is C11H20N2S. The Hall–Kier alpha value is -0.410. The molecule has 1 atom stereocenters. The third-order valence-electron chi connectivity index (χ3n) is 2.12. The third-order valence-corrected chi connectivity index (χ3v) is 3.52. The minimum atomic E-state index is 0.0991. The maximum atomic E-state index is 5.95. The van der Waals surface area contributed by atoms with Crippen LogP contribution in [0.15, 0.2) is 0 Å². The van der Waals surface area contributed by atoms with Crippen LogP contribution in [0.5, 0.6) is 0 Å². The van der Waals surface area contributed by atoms with Gasteiger partial charge in [-0.25, -0.2) is 4.98 Å². The Bertz CT molecular complexity index is 308. The summed E-state index contributed by atoms with van der Waals surface area (Å²) in [4.78, 5) is 5.90. The SMILES string of the molecule is CCc1nc(C(C)(C)C)c(C(C)N)s1. The molecule has 0 saturated carbocycles. The van der Waals surface area contributed by atoms with E-state index in [-0.39, 0.29) is 11.5 Å². The molecule has 1 unspecified atom stereocenters. The lowest BCUT2D eigenvalue weighted by molar-refractivity contribution is 0.558. The van der Waals surface area contributed by atoms with Crippen molar-refractivity contribution < 1.29 is 0 Å². The minimum absolute atomic E-state index is 0.0991. The molecule has 0 aromatic carbocycles. The monoisotopic (exact) mass is 212 g/mol. The zero-order valence-electron chi connectivity index (χ0n) is 9.72. The van der Waals surface area contributed by atoms with Crippen LogP contribution in [0.4, 0.5) is 0 Å². The van der Waals surface area contributed by atoms with Crippen molar-refractivity contribution in [2.24, 2.45) is 5.73 Å². The second-order valence-electron chi connectivity index (χ2n) is 4.71.